The van der Waals surface area contributed by atoms with Crippen LogP contribution in [0.15, 0.2) is 28.8 Å². The summed E-state index contributed by atoms with van der Waals surface area (Å²) in [5, 5.41) is 3.68. The lowest BCUT2D eigenvalue weighted by atomic mass is 9.89. The fourth-order valence-electron chi connectivity index (χ4n) is 2.91. The zero-order chi connectivity index (χ0) is 15.4. The average Bonchev–Trinajstić information content (AvgIpc) is 2.74. The fraction of sp³-hybridized carbons (Fsp3) is 0.500. The molecule has 0 aliphatic heterocycles. The number of aryl methyl sites for hydroxylation is 2. The Morgan fingerprint density at radius 3 is 2.48 bits per heavy atom. The van der Waals surface area contributed by atoms with Crippen LogP contribution in [0.5, 0.6) is 0 Å². The van der Waals surface area contributed by atoms with Gasteiger partial charge in [-0.2, -0.15) is 0 Å². The topological polar surface area (TPSA) is 38.1 Å². The van der Waals surface area contributed by atoms with Crippen molar-refractivity contribution >= 4 is 0 Å². The van der Waals surface area contributed by atoms with E-state index in [0.29, 0.717) is 5.92 Å². The van der Waals surface area contributed by atoms with Crippen LogP contribution < -0.4 is 5.32 Å². The van der Waals surface area contributed by atoms with Crippen molar-refractivity contribution in [3.63, 3.8) is 0 Å². The van der Waals surface area contributed by atoms with Crippen molar-refractivity contribution in [1.29, 1.82) is 0 Å². The summed E-state index contributed by atoms with van der Waals surface area (Å²) >= 11 is 0. The number of furan rings is 1. The molecule has 21 heavy (non-hydrogen) atoms. The molecule has 0 radical (unpaired) electrons. The number of pyridine rings is 1. The molecule has 2 unspecified atom stereocenters. The Labute approximate surface area is 127 Å². The molecule has 0 aliphatic carbocycles. The molecule has 0 fully saturated rings. The van der Waals surface area contributed by atoms with Crippen LogP contribution in [-0.2, 0) is 0 Å². The first-order valence-electron chi connectivity index (χ1n) is 7.77. The molecule has 0 saturated heterocycles. The Morgan fingerprint density at radius 2 is 1.95 bits per heavy atom. The Kier molecular flexibility index (Phi) is 5.18. The second-order valence-corrected chi connectivity index (χ2v) is 5.73. The van der Waals surface area contributed by atoms with Crippen molar-refractivity contribution in [2.24, 2.45) is 0 Å². The van der Waals surface area contributed by atoms with E-state index in [4.69, 9.17) is 4.42 Å². The van der Waals surface area contributed by atoms with Crippen LogP contribution in [0.2, 0.25) is 0 Å². The highest BCUT2D eigenvalue weighted by molar-refractivity contribution is 5.36. The highest BCUT2D eigenvalue weighted by Gasteiger charge is 2.27. The van der Waals surface area contributed by atoms with Crippen molar-refractivity contribution < 1.29 is 4.42 Å². The second kappa shape index (κ2) is 6.90. The van der Waals surface area contributed by atoms with Crippen molar-refractivity contribution in [3.8, 4) is 0 Å². The Bertz CT molecular complexity index is 574. The monoisotopic (exact) mass is 286 g/mol. The minimum absolute atomic E-state index is 0.234. The van der Waals surface area contributed by atoms with Gasteiger partial charge in [0, 0.05) is 29.4 Å². The Morgan fingerprint density at radius 1 is 1.19 bits per heavy atom. The van der Waals surface area contributed by atoms with E-state index in [0.717, 1.165) is 30.2 Å². The molecule has 0 bridgehead atoms. The summed E-state index contributed by atoms with van der Waals surface area (Å²) < 4.78 is 5.83. The SMILES string of the molecule is CCCNC(c1c(C)oc(C)c1C)C(C)c1ccccn1. The van der Waals surface area contributed by atoms with E-state index >= 15 is 0 Å². The van der Waals surface area contributed by atoms with Gasteiger partial charge in [0.05, 0.1) is 0 Å². The number of hydrogen-bond donors (Lipinski definition) is 1. The molecule has 2 aromatic heterocycles. The van der Waals surface area contributed by atoms with Gasteiger partial charge in [-0.15, -0.1) is 0 Å². The first-order chi connectivity index (χ1) is 10.1. The largest absolute Gasteiger partial charge is 0.466 e. The van der Waals surface area contributed by atoms with Gasteiger partial charge in [-0.25, -0.2) is 0 Å². The van der Waals surface area contributed by atoms with E-state index in [-0.39, 0.29) is 6.04 Å². The normalized spacial score (nSPS) is 14.1. The van der Waals surface area contributed by atoms with Gasteiger partial charge in [-0.3, -0.25) is 4.98 Å². The zero-order valence-corrected chi connectivity index (χ0v) is 13.7. The highest BCUT2D eigenvalue weighted by atomic mass is 16.3. The molecule has 0 aromatic carbocycles. The first-order valence-corrected chi connectivity index (χ1v) is 7.77. The maximum absolute atomic E-state index is 5.83. The third-order valence-corrected chi connectivity index (χ3v) is 4.20. The average molecular weight is 286 g/mol. The lowest BCUT2D eigenvalue weighted by Gasteiger charge is -2.25. The third-order valence-electron chi connectivity index (χ3n) is 4.20. The Hall–Kier alpha value is -1.61. The molecule has 1 N–H and O–H groups in total. The van der Waals surface area contributed by atoms with Gasteiger partial charge in [0.2, 0.25) is 0 Å². The van der Waals surface area contributed by atoms with Gasteiger partial charge >= 0.3 is 0 Å². The highest BCUT2D eigenvalue weighted by Crippen LogP contribution is 2.35. The van der Waals surface area contributed by atoms with Crippen LogP contribution in [-0.4, -0.2) is 11.5 Å². The summed E-state index contributed by atoms with van der Waals surface area (Å²) in [5.41, 5.74) is 3.66. The molecular weight excluding hydrogens is 260 g/mol. The van der Waals surface area contributed by atoms with Gasteiger partial charge in [-0.1, -0.05) is 19.9 Å². The van der Waals surface area contributed by atoms with Crippen LogP contribution in [0, 0.1) is 20.8 Å². The smallest absolute Gasteiger partial charge is 0.106 e. The number of aromatic nitrogens is 1. The molecule has 114 valence electrons. The number of rotatable bonds is 6. The molecule has 0 spiro atoms. The van der Waals surface area contributed by atoms with E-state index in [2.05, 4.69) is 50.1 Å². The second-order valence-electron chi connectivity index (χ2n) is 5.73. The first kappa shape index (κ1) is 15.8. The summed E-state index contributed by atoms with van der Waals surface area (Å²) in [6, 6.07) is 6.35. The number of hydrogen-bond acceptors (Lipinski definition) is 3. The minimum atomic E-state index is 0.234. The van der Waals surface area contributed by atoms with Crippen LogP contribution in [0.1, 0.15) is 60.6 Å². The predicted molar refractivity (Wildman–Crippen MR) is 86.6 cm³/mol. The van der Waals surface area contributed by atoms with Gasteiger partial charge < -0.3 is 9.73 Å². The molecule has 0 saturated carbocycles. The molecule has 3 nitrogen and oxygen atoms in total. The van der Waals surface area contributed by atoms with Crippen molar-refractivity contribution in [2.75, 3.05) is 6.54 Å². The predicted octanol–water partition coefficient (Wildman–Crippen LogP) is 4.44. The maximum atomic E-state index is 5.83. The van der Waals surface area contributed by atoms with Crippen molar-refractivity contribution in [3.05, 3.63) is 52.7 Å². The lowest BCUT2D eigenvalue weighted by Crippen LogP contribution is -2.28. The summed E-state index contributed by atoms with van der Waals surface area (Å²) in [6.07, 6.45) is 2.98. The van der Waals surface area contributed by atoms with Gasteiger partial charge in [-0.05, 0) is 51.4 Å². The van der Waals surface area contributed by atoms with Crippen LogP contribution in [0.4, 0.5) is 0 Å². The summed E-state index contributed by atoms with van der Waals surface area (Å²) in [5.74, 6) is 2.33. The summed E-state index contributed by atoms with van der Waals surface area (Å²) in [6.45, 7) is 11.7. The minimum Gasteiger partial charge on any atom is -0.466 e. The van der Waals surface area contributed by atoms with Gasteiger partial charge in [0.25, 0.3) is 0 Å². The lowest BCUT2D eigenvalue weighted by molar-refractivity contribution is 0.442. The van der Waals surface area contributed by atoms with Crippen molar-refractivity contribution in [2.45, 2.75) is 53.0 Å². The van der Waals surface area contributed by atoms with E-state index < -0.39 is 0 Å². The molecule has 0 aliphatic rings. The zero-order valence-electron chi connectivity index (χ0n) is 13.7. The fourth-order valence-corrected chi connectivity index (χ4v) is 2.91. The quantitative estimate of drug-likeness (QED) is 0.853. The summed E-state index contributed by atoms with van der Waals surface area (Å²) in [4.78, 5) is 4.53. The van der Waals surface area contributed by atoms with Crippen molar-refractivity contribution in [1.82, 2.24) is 10.3 Å². The standard InChI is InChI=1S/C18H26N2O/c1-6-10-20-18(13(3)16-9-7-8-11-19-16)17-12(2)14(4)21-15(17)5/h7-9,11,13,18,20H,6,10H2,1-5H3. The molecule has 0 amide bonds. The molecule has 2 heterocycles. The van der Waals surface area contributed by atoms with E-state index in [1.165, 1.54) is 11.1 Å². The third kappa shape index (κ3) is 3.35. The summed E-state index contributed by atoms with van der Waals surface area (Å²) in [7, 11) is 0. The molecule has 2 atom stereocenters. The molecule has 2 rings (SSSR count). The Balaban J connectivity index is 2.38. The molecular formula is C18H26N2O. The number of nitrogens with zero attached hydrogens (tertiary/aromatic N) is 1. The van der Waals surface area contributed by atoms with Crippen LogP contribution in [0.3, 0.4) is 0 Å². The van der Waals surface area contributed by atoms with E-state index in [1.54, 1.807) is 0 Å². The van der Waals surface area contributed by atoms with Gasteiger partial charge in [0.1, 0.15) is 11.5 Å². The van der Waals surface area contributed by atoms with E-state index in [1.807, 2.05) is 19.2 Å². The molecule has 2 aromatic rings. The van der Waals surface area contributed by atoms with E-state index in [9.17, 15) is 0 Å². The number of nitrogens with one attached hydrogen (secondary N) is 1. The maximum Gasteiger partial charge on any atom is 0.106 e. The van der Waals surface area contributed by atoms with Crippen LogP contribution >= 0.6 is 0 Å². The van der Waals surface area contributed by atoms with Crippen LogP contribution in [0.25, 0.3) is 0 Å². The molecule has 3 heteroatoms. The van der Waals surface area contributed by atoms with Gasteiger partial charge in [0.15, 0.2) is 0 Å².